The normalized spacial score (nSPS) is 12.0. The van der Waals surface area contributed by atoms with Crippen LogP contribution >= 0.6 is 0 Å². The molecule has 0 spiro atoms. The maximum atomic E-state index is 11.6. The van der Waals surface area contributed by atoms with E-state index in [2.05, 4.69) is 6.92 Å². The fourth-order valence-electron chi connectivity index (χ4n) is 1.36. The number of esters is 1. The van der Waals surface area contributed by atoms with Gasteiger partial charge in [-0.1, -0.05) is 30.3 Å². The Morgan fingerprint density at radius 1 is 1.37 bits per heavy atom. The van der Waals surface area contributed by atoms with Crippen LogP contribution in [0.2, 0.25) is 0 Å². The van der Waals surface area contributed by atoms with Crippen LogP contribution in [0.25, 0.3) is 0 Å². The minimum Gasteiger partial charge on any atom is -0.461 e. The van der Waals surface area contributed by atoms with Crippen molar-refractivity contribution in [1.82, 2.24) is 5.06 Å². The Morgan fingerprint density at radius 2 is 2.00 bits per heavy atom. The van der Waals surface area contributed by atoms with Gasteiger partial charge in [-0.3, -0.25) is 9.63 Å². The van der Waals surface area contributed by atoms with E-state index in [1.54, 1.807) is 6.92 Å². The lowest BCUT2D eigenvalue weighted by molar-refractivity contribution is -0.201. The Morgan fingerprint density at radius 3 is 2.53 bits per heavy atom. The van der Waals surface area contributed by atoms with E-state index in [1.807, 2.05) is 30.3 Å². The molecule has 0 saturated heterocycles. The fraction of sp³-hybridized carbons (Fsp3) is 0.357. The lowest BCUT2D eigenvalue weighted by atomic mass is 10.2. The highest BCUT2D eigenvalue weighted by Crippen LogP contribution is 2.06. The third kappa shape index (κ3) is 5.09. The van der Waals surface area contributed by atoms with Gasteiger partial charge in [-0.15, -0.1) is 0 Å². The van der Waals surface area contributed by atoms with Gasteiger partial charge in [0.05, 0.1) is 6.10 Å². The highest BCUT2D eigenvalue weighted by atomic mass is 16.7. The topological polar surface area (TPSA) is 55.8 Å². The molecule has 5 nitrogen and oxygen atoms in total. The van der Waals surface area contributed by atoms with Gasteiger partial charge < -0.3 is 4.74 Å². The first-order chi connectivity index (χ1) is 9.04. The number of hydrogen-bond donors (Lipinski definition) is 0. The average Bonchev–Trinajstić information content (AvgIpc) is 2.39. The summed E-state index contributed by atoms with van der Waals surface area (Å²) in [6, 6.07) is 8.54. The fourth-order valence-corrected chi connectivity index (χ4v) is 1.36. The first-order valence-electron chi connectivity index (χ1n) is 5.98. The van der Waals surface area contributed by atoms with Crippen LogP contribution in [-0.2, 0) is 25.8 Å². The number of carbonyl (C=O) groups excluding carboxylic acids is 2. The molecule has 1 radical (unpaired) electrons. The van der Waals surface area contributed by atoms with E-state index >= 15 is 0 Å². The Hall–Kier alpha value is -1.88. The summed E-state index contributed by atoms with van der Waals surface area (Å²) < 4.78 is 4.92. The number of carbonyl (C=O) groups is 2. The Balaban J connectivity index is 2.53. The molecule has 2 atom stereocenters. The zero-order valence-corrected chi connectivity index (χ0v) is 11.1. The lowest BCUT2D eigenvalue weighted by Gasteiger charge is -2.23. The largest absolute Gasteiger partial charge is 0.461 e. The second-order valence-electron chi connectivity index (χ2n) is 4.15. The minimum absolute atomic E-state index is 0.205. The smallest absolute Gasteiger partial charge is 0.331 e. The van der Waals surface area contributed by atoms with Crippen LogP contribution in [0.4, 0.5) is 0 Å². The first kappa shape index (κ1) is 15.2. The molecule has 0 aliphatic heterocycles. The zero-order chi connectivity index (χ0) is 14.3. The van der Waals surface area contributed by atoms with Gasteiger partial charge in [0.2, 0.25) is 6.41 Å². The quantitative estimate of drug-likeness (QED) is 0.427. The van der Waals surface area contributed by atoms with E-state index in [-0.39, 0.29) is 6.61 Å². The average molecular weight is 264 g/mol. The molecule has 5 heteroatoms. The van der Waals surface area contributed by atoms with Crippen molar-refractivity contribution in [2.45, 2.75) is 32.6 Å². The summed E-state index contributed by atoms with van der Waals surface area (Å²) in [6.07, 6.45) is -0.0135. The molecule has 1 aromatic carbocycles. The van der Waals surface area contributed by atoms with Crippen molar-refractivity contribution in [3.63, 3.8) is 0 Å². The third-order valence-corrected chi connectivity index (χ3v) is 2.37. The second-order valence-corrected chi connectivity index (χ2v) is 4.15. The van der Waals surface area contributed by atoms with Crippen LogP contribution in [0.5, 0.6) is 0 Å². The molecule has 0 bridgehead atoms. The number of hydrogen-bond acceptors (Lipinski definition) is 4. The predicted molar refractivity (Wildman–Crippen MR) is 69.5 cm³/mol. The van der Waals surface area contributed by atoms with Gasteiger partial charge >= 0.3 is 5.97 Å². The zero-order valence-electron chi connectivity index (χ0n) is 11.1. The molecule has 0 fully saturated rings. The SMILES string of the molecule is [CH2]C(C)OC(=O)C(C)N(C=O)OCc1ccccc1. The second kappa shape index (κ2) is 7.53. The van der Waals surface area contributed by atoms with Crippen LogP contribution in [0.3, 0.4) is 0 Å². The number of amides is 1. The molecule has 0 aliphatic carbocycles. The summed E-state index contributed by atoms with van der Waals surface area (Å²) in [5, 5.41) is 0.942. The summed E-state index contributed by atoms with van der Waals surface area (Å²) in [5.41, 5.74) is 0.903. The van der Waals surface area contributed by atoms with Crippen molar-refractivity contribution < 1.29 is 19.2 Å². The Labute approximate surface area is 113 Å². The molecular weight excluding hydrogens is 246 g/mol. The number of benzene rings is 1. The molecule has 0 heterocycles. The summed E-state index contributed by atoms with van der Waals surface area (Å²) >= 11 is 0. The van der Waals surface area contributed by atoms with Crippen LogP contribution in [-0.4, -0.2) is 29.6 Å². The first-order valence-corrected chi connectivity index (χ1v) is 5.98. The van der Waals surface area contributed by atoms with Crippen molar-refractivity contribution in [1.29, 1.82) is 0 Å². The summed E-state index contributed by atoms with van der Waals surface area (Å²) in [4.78, 5) is 27.8. The molecule has 0 aliphatic rings. The van der Waals surface area contributed by atoms with E-state index < -0.39 is 18.1 Å². The molecule has 0 saturated carbocycles. The van der Waals surface area contributed by atoms with Crippen LogP contribution < -0.4 is 0 Å². The number of ether oxygens (including phenoxy) is 1. The molecule has 1 amide bonds. The number of rotatable bonds is 7. The predicted octanol–water partition coefficient (Wildman–Crippen LogP) is 1.73. The summed E-state index contributed by atoms with van der Waals surface area (Å²) in [5.74, 6) is -0.553. The standard InChI is InChI=1S/C14H18NO4/c1-11(2)19-14(17)12(3)15(10-16)18-9-13-7-5-4-6-8-13/h4-8,10-12H,1,9H2,2-3H3. The lowest BCUT2D eigenvalue weighted by Crippen LogP contribution is -2.39. The minimum atomic E-state index is -0.814. The Kier molecular flexibility index (Phi) is 6.02. The van der Waals surface area contributed by atoms with Gasteiger partial charge in [0, 0.05) is 0 Å². The highest BCUT2D eigenvalue weighted by molar-refractivity contribution is 5.77. The molecule has 1 aromatic rings. The van der Waals surface area contributed by atoms with Crippen molar-refractivity contribution in [3.05, 3.63) is 42.8 Å². The van der Waals surface area contributed by atoms with Gasteiger partial charge in [0.25, 0.3) is 0 Å². The molecule has 2 unspecified atom stereocenters. The monoisotopic (exact) mass is 264 g/mol. The maximum absolute atomic E-state index is 11.6. The van der Waals surface area contributed by atoms with Crippen molar-refractivity contribution >= 4 is 12.4 Å². The van der Waals surface area contributed by atoms with E-state index in [1.165, 1.54) is 6.92 Å². The van der Waals surface area contributed by atoms with Gasteiger partial charge in [0.1, 0.15) is 6.61 Å². The number of nitrogens with zero attached hydrogens (tertiary/aromatic N) is 1. The van der Waals surface area contributed by atoms with Crippen molar-refractivity contribution in [2.75, 3.05) is 0 Å². The molecular formula is C14H18NO4. The van der Waals surface area contributed by atoms with Crippen LogP contribution in [0.15, 0.2) is 30.3 Å². The molecule has 0 N–H and O–H groups in total. The summed E-state index contributed by atoms with van der Waals surface area (Å²) in [7, 11) is 0. The van der Waals surface area contributed by atoms with E-state index in [4.69, 9.17) is 9.57 Å². The van der Waals surface area contributed by atoms with Gasteiger partial charge in [-0.2, -0.15) is 0 Å². The van der Waals surface area contributed by atoms with Crippen LogP contribution in [0, 0.1) is 6.92 Å². The highest BCUT2D eigenvalue weighted by Gasteiger charge is 2.23. The van der Waals surface area contributed by atoms with Crippen LogP contribution in [0.1, 0.15) is 19.4 Å². The van der Waals surface area contributed by atoms with Gasteiger partial charge in [0.15, 0.2) is 6.04 Å². The van der Waals surface area contributed by atoms with Gasteiger partial charge in [-0.05, 0) is 26.3 Å². The van der Waals surface area contributed by atoms with Gasteiger partial charge in [-0.25, -0.2) is 9.86 Å². The molecule has 19 heavy (non-hydrogen) atoms. The van der Waals surface area contributed by atoms with E-state index in [0.717, 1.165) is 10.6 Å². The maximum Gasteiger partial charge on any atom is 0.331 e. The van der Waals surface area contributed by atoms with E-state index in [9.17, 15) is 9.59 Å². The van der Waals surface area contributed by atoms with Crippen molar-refractivity contribution in [3.8, 4) is 0 Å². The van der Waals surface area contributed by atoms with E-state index in [0.29, 0.717) is 6.41 Å². The molecule has 103 valence electrons. The Bertz CT molecular complexity index is 405. The molecule has 1 rings (SSSR count). The molecule has 0 aromatic heterocycles. The summed E-state index contributed by atoms with van der Waals surface area (Å²) in [6.45, 7) is 6.93. The third-order valence-electron chi connectivity index (χ3n) is 2.37. The van der Waals surface area contributed by atoms with Crippen molar-refractivity contribution in [2.24, 2.45) is 0 Å². The number of hydroxylamine groups is 2.